The van der Waals surface area contributed by atoms with Crippen molar-refractivity contribution in [3.63, 3.8) is 0 Å². The van der Waals surface area contributed by atoms with Gasteiger partial charge in [0.05, 0.1) is 0 Å². The summed E-state index contributed by atoms with van der Waals surface area (Å²) < 4.78 is 0. The Morgan fingerprint density at radius 1 is 0.519 bits per heavy atom. The first-order valence-corrected chi connectivity index (χ1v) is 7.55. The van der Waals surface area contributed by atoms with Gasteiger partial charge in [0.2, 0.25) is 0 Å². The molecule has 6 radical (unpaired) electrons. The fourth-order valence-electron chi connectivity index (χ4n) is 1.03. The molecule has 0 N–H and O–H groups in total. The van der Waals surface area contributed by atoms with Crippen LogP contribution in [-0.4, -0.2) is 38.1 Å². The zero-order valence-corrected chi connectivity index (χ0v) is 18.7. The van der Waals surface area contributed by atoms with E-state index < -0.39 is 11.9 Å². The van der Waals surface area contributed by atoms with Crippen LogP contribution in [0.1, 0.15) is 13.8 Å². The topological polar surface area (TPSA) is 80.3 Å². The molecule has 27 heavy (non-hydrogen) atoms. The van der Waals surface area contributed by atoms with Gasteiger partial charge < -0.3 is 19.8 Å². The number of carboxylic acids is 2. The van der Waals surface area contributed by atoms with E-state index in [0.717, 1.165) is 13.8 Å². The SMILES string of the molecule is CC(=O)[O-].CC(=O)[O-].[Bi+2].[c]1ccccc1.[c]1ccccc1.[c]1ccccc1. The van der Waals surface area contributed by atoms with Crippen molar-refractivity contribution in [2.75, 3.05) is 0 Å². The number of hydrogen-bond donors (Lipinski definition) is 0. The number of carbonyl (C=O) groups excluding carboxylic acids is 2. The second kappa shape index (κ2) is 25.7. The van der Waals surface area contributed by atoms with E-state index >= 15 is 0 Å². The quantitative estimate of drug-likeness (QED) is 0.393. The Bertz CT molecular complexity index is 457. The molecule has 0 aliphatic heterocycles. The van der Waals surface area contributed by atoms with Gasteiger partial charge in [0.1, 0.15) is 0 Å². The number of carbonyl (C=O) groups is 2. The maximum Gasteiger partial charge on any atom is 2.00 e. The van der Waals surface area contributed by atoms with Crippen LogP contribution in [0.25, 0.3) is 0 Å². The molecule has 3 rings (SSSR count). The van der Waals surface area contributed by atoms with Crippen LogP contribution in [0.3, 0.4) is 0 Å². The van der Waals surface area contributed by atoms with Crippen molar-refractivity contribution in [2.24, 2.45) is 0 Å². The molecule has 0 bridgehead atoms. The van der Waals surface area contributed by atoms with Crippen LogP contribution in [0.5, 0.6) is 0 Å². The zero-order chi connectivity index (χ0) is 19.9. The average molecular weight is 558 g/mol. The molecule has 0 saturated carbocycles. The normalized spacial score (nSPS) is 7.19. The van der Waals surface area contributed by atoms with E-state index in [1.54, 1.807) is 0 Å². The van der Waals surface area contributed by atoms with Crippen molar-refractivity contribution in [2.45, 2.75) is 13.8 Å². The maximum absolute atomic E-state index is 8.89. The molecular formula is C22H21BiO4. The Kier molecular flexibility index (Phi) is 27.9. The van der Waals surface area contributed by atoms with Crippen LogP contribution < -0.4 is 10.2 Å². The predicted octanol–water partition coefficient (Wildman–Crippen LogP) is 1.59. The van der Waals surface area contributed by atoms with Gasteiger partial charge in [0.15, 0.2) is 0 Å². The molecule has 0 unspecified atom stereocenters. The molecule has 0 aliphatic rings. The fourth-order valence-corrected chi connectivity index (χ4v) is 1.03. The van der Waals surface area contributed by atoms with E-state index in [9.17, 15) is 0 Å². The van der Waals surface area contributed by atoms with E-state index in [0.29, 0.717) is 0 Å². The average Bonchev–Trinajstić information content (AvgIpc) is 2.66. The van der Waals surface area contributed by atoms with Crippen molar-refractivity contribution in [3.8, 4) is 0 Å². The van der Waals surface area contributed by atoms with Crippen molar-refractivity contribution in [1.29, 1.82) is 0 Å². The van der Waals surface area contributed by atoms with Crippen molar-refractivity contribution < 1.29 is 19.8 Å². The molecule has 0 spiro atoms. The maximum atomic E-state index is 8.89. The molecule has 3 aromatic carbocycles. The summed E-state index contributed by atoms with van der Waals surface area (Å²) in [6.07, 6.45) is 0. The summed E-state index contributed by atoms with van der Waals surface area (Å²) >= 11 is 0. The van der Waals surface area contributed by atoms with E-state index in [-0.39, 0.29) is 26.2 Å². The van der Waals surface area contributed by atoms with E-state index in [2.05, 4.69) is 18.2 Å². The van der Waals surface area contributed by atoms with Gasteiger partial charge in [0.25, 0.3) is 0 Å². The molecule has 0 aliphatic carbocycles. The Balaban J connectivity index is -0.000000268. The summed E-state index contributed by atoms with van der Waals surface area (Å²) in [7, 11) is 0. The minimum absolute atomic E-state index is 0. The Hall–Kier alpha value is -2.52. The molecule has 0 amide bonds. The predicted molar refractivity (Wildman–Crippen MR) is 103 cm³/mol. The van der Waals surface area contributed by atoms with Crippen molar-refractivity contribution in [1.82, 2.24) is 0 Å². The zero-order valence-electron chi connectivity index (χ0n) is 15.2. The first-order valence-electron chi connectivity index (χ1n) is 7.55. The summed E-state index contributed by atoms with van der Waals surface area (Å²) in [6.45, 7) is 1.94. The van der Waals surface area contributed by atoms with Gasteiger partial charge in [-0.05, 0) is 32.0 Å². The largest absolute Gasteiger partial charge is 2.00 e. The monoisotopic (exact) mass is 558 g/mol. The minimum Gasteiger partial charge on any atom is -0.550 e. The molecule has 0 fully saturated rings. The third kappa shape index (κ3) is 45.2. The fraction of sp³-hybridized carbons (Fsp3) is 0.0909. The van der Waals surface area contributed by atoms with E-state index in [1.807, 2.05) is 91.0 Å². The van der Waals surface area contributed by atoms with Gasteiger partial charge >= 0.3 is 26.2 Å². The third-order valence-electron chi connectivity index (χ3n) is 1.82. The van der Waals surface area contributed by atoms with Crippen LogP contribution in [0.4, 0.5) is 0 Å². The molecule has 0 aromatic heterocycles. The van der Waals surface area contributed by atoms with Gasteiger partial charge in [-0.3, -0.25) is 0 Å². The summed E-state index contributed by atoms with van der Waals surface area (Å²) in [6, 6.07) is 37.5. The van der Waals surface area contributed by atoms with E-state index in [4.69, 9.17) is 19.8 Å². The second-order valence-corrected chi connectivity index (χ2v) is 4.22. The molecule has 0 heterocycles. The number of benzene rings is 3. The molecular weight excluding hydrogens is 537 g/mol. The van der Waals surface area contributed by atoms with Crippen LogP contribution in [0.2, 0.25) is 0 Å². The number of aliphatic carboxylic acids is 2. The molecule has 138 valence electrons. The first kappa shape index (κ1) is 29.3. The van der Waals surface area contributed by atoms with Crippen LogP contribution >= 0.6 is 0 Å². The molecule has 0 atom stereocenters. The number of carboxylic acid groups (broad SMARTS) is 2. The molecule has 3 aromatic rings. The Morgan fingerprint density at radius 2 is 0.667 bits per heavy atom. The van der Waals surface area contributed by atoms with Gasteiger partial charge in [-0.1, -0.05) is 91.0 Å². The summed E-state index contributed by atoms with van der Waals surface area (Å²) in [4.78, 5) is 17.8. The minimum atomic E-state index is -1.08. The number of rotatable bonds is 0. The van der Waals surface area contributed by atoms with Crippen LogP contribution in [-0.2, 0) is 9.59 Å². The van der Waals surface area contributed by atoms with Crippen LogP contribution in [0.15, 0.2) is 91.0 Å². The van der Waals surface area contributed by atoms with Gasteiger partial charge in [-0.25, -0.2) is 0 Å². The Morgan fingerprint density at radius 3 is 0.704 bits per heavy atom. The van der Waals surface area contributed by atoms with Crippen molar-refractivity contribution in [3.05, 3.63) is 109 Å². The standard InChI is InChI=1S/3C6H5.2C2H4O2.Bi/c3*1-2-4-6-5-3-1;2*1-2(3)4;/h3*1-5H;2*1H3,(H,3,4);/q;;;;;+2/p-2. The van der Waals surface area contributed by atoms with E-state index in [1.165, 1.54) is 0 Å². The van der Waals surface area contributed by atoms with Crippen molar-refractivity contribution >= 4 is 38.1 Å². The number of hydrogen-bond acceptors (Lipinski definition) is 4. The summed E-state index contributed by atoms with van der Waals surface area (Å²) in [5.41, 5.74) is 0. The van der Waals surface area contributed by atoms with Crippen LogP contribution in [0, 0.1) is 18.2 Å². The van der Waals surface area contributed by atoms with Gasteiger partial charge in [-0.2, -0.15) is 0 Å². The summed E-state index contributed by atoms with van der Waals surface area (Å²) in [5.74, 6) is -2.17. The second-order valence-electron chi connectivity index (χ2n) is 4.22. The smallest absolute Gasteiger partial charge is 0.550 e. The molecule has 4 nitrogen and oxygen atoms in total. The third-order valence-corrected chi connectivity index (χ3v) is 1.82. The summed E-state index contributed by atoms with van der Waals surface area (Å²) in [5, 5.41) is 17.8. The first-order chi connectivity index (χ1) is 12.5. The van der Waals surface area contributed by atoms with Gasteiger partial charge in [-0.15, -0.1) is 0 Å². The molecule has 5 heteroatoms. The molecule has 0 saturated heterocycles. The van der Waals surface area contributed by atoms with Gasteiger partial charge in [0, 0.05) is 11.9 Å². The Labute approximate surface area is 180 Å².